The molecule has 0 amide bonds. The smallest absolute Gasteiger partial charge is 0.118 e. The van der Waals surface area contributed by atoms with Crippen molar-refractivity contribution in [3.8, 4) is 5.75 Å². The molecule has 2 rings (SSSR count). The molecule has 0 saturated heterocycles. The lowest BCUT2D eigenvalue weighted by Crippen LogP contribution is -2.24. The summed E-state index contributed by atoms with van der Waals surface area (Å²) >= 11 is 5.94. The van der Waals surface area contributed by atoms with E-state index < -0.39 is 0 Å². The molecule has 0 spiro atoms. The fourth-order valence-electron chi connectivity index (χ4n) is 2.44. The van der Waals surface area contributed by atoms with Gasteiger partial charge in [-0.25, -0.2) is 0 Å². The van der Waals surface area contributed by atoms with Gasteiger partial charge in [0.1, 0.15) is 5.75 Å². The first-order valence-corrected chi connectivity index (χ1v) is 7.67. The van der Waals surface area contributed by atoms with Crippen LogP contribution in [0.25, 0.3) is 0 Å². The van der Waals surface area contributed by atoms with Crippen LogP contribution in [-0.2, 0) is 0 Å². The number of ether oxygens (including phenoxy) is 1. The third-order valence-corrected chi connectivity index (χ3v) is 4.00. The monoisotopic (exact) mass is 303 g/mol. The molecule has 0 aliphatic carbocycles. The van der Waals surface area contributed by atoms with Crippen molar-refractivity contribution in [1.29, 1.82) is 0 Å². The molecular formula is C18H22ClNO. The Morgan fingerprint density at radius 3 is 2.10 bits per heavy atom. The Hall–Kier alpha value is -1.51. The van der Waals surface area contributed by atoms with Crippen LogP contribution in [0.1, 0.15) is 43.5 Å². The average molecular weight is 304 g/mol. The number of methoxy groups -OCH3 is 1. The quantitative estimate of drug-likeness (QED) is 0.796. The maximum Gasteiger partial charge on any atom is 0.118 e. The second kappa shape index (κ2) is 7.48. The van der Waals surface area contributed by atoms with E-state index in [4.69, 9.17) is 16.3 Å². The summed E-state index contributed by atoms with van der Waals surface area (Å²) in [5.74, 6) is 0.888. The molecule has 112 valence electrons. The molecule has 0 aliphatic heterocycles. The highest BCUT2D eigenvalue weighted by atomic mass is 35.5. The van der Waals surface area contributed by atoms with Crippen LogP contribution in [0.2, 0.25) is 5.02 Å². The molecule has 2 aromatic rings. The van der Waals surface area contributed by atoms with E-state index in [1.54, 1.807) is 7.11 Å². The molecular weight excluding hydrogens is 282 g/mol. The van der Waals surface area contributed by atoms with Crippen molar-refractivity contribution >= 4 is 11.6 Å². The van der Waals surface area contributed by atoms with Gasteiger partial charge >= 0.3 is 0 Å². The minimum atomic E-state index is 0.273. The minimum absolute atomic E-state index is 0.273. The van der Waals surface area contributed by atoms with Gasteiger partial charge in [-0.05, 0) is 48.7 Å². The number of hydrogen-bond acceptors (Lipinski definition) is 2. The van der Waals surface area contributed by atoms with Crippen LogP contribution >= 0.6 is 11.6 Å². The standard InChI is InChI=1S/C18H22ClNO/c1-4-18(15-7-11-17(21-3)12-8-15)20-13(2)14-5-9-16(19)10-6-14/h5-13,18,20H,4H2,1-3H3. The van der Waals surface area contributed by atoms with Gasteiger partial charge in [0.15, 0.2) is 0 Å². The van der Waals surface area contributed by atoms with Gasteiger partial charge in [0.2, 0.25) is 0 Å². The second-order valence-electron chi connectivity index (χ2n) is 5.17. The van der Waals surface area contributed by atoms with E-state index in [9.17, 15) is 0 Å². The Balaban J connectivity index is 2.08. The van der Waals surface area contributed by atoms with Gasteiger partial charge in [-0.1, -0.05) is 42.8 Å². The maximum absolute atomic E-state index is 5.94. The highest BCUT2D eigenvalue weighted by Gasteiger charge is 2.13. The molecule has 0 aliphatic rings. The Bertz CT molecular complexity index is 550. The number of rotatable bonds is 6. The Kier molecular flexibility index (Phi) is 5.66. The highest BCUT2D eigenvalue weighted by Crippen LogP contribution is 2.24. The third kappa shape index (κ3) is 4.23. The molecule has 2 unspecified atom stereocenters. The number of hydrogen-bond donors (Lipinski definition) is 1. The SMILES string of the molecule is CCC(NC(C)c1ccc(Cl)cc1)c1ccc(OC)cc1. The van der Waals surface area contributed by atoms with Gasteiger partial charge in [-0.3, -0.25) is 0 Å². The van der Waals surface area contributed by atoms with E-state index in [-0.39, 0.29) is 6.04 Å². The van der Waals surface area contributed by atoms with Crippen molar-refractivity contribution in [3.63, 3.8) is 0 Å². The summed E-state index contributed by atoms with van der Waals surface area (Å²) in [6, 6.07) is 16.9. The van der Waals surface area contributed by atoms with Crippen molar-refractivity contribution in [3.05, 3.63) is 64.7 Å². The first-order valence-electron chi connectivity index (χ1n) is 7.29. The molecule has 2 atom stereocenters. The zero-order chi connectivity index (χ0) is 15.2. The average Bonchev–Trinajstić information content (AvgIpc) is 2.53. The molecule has 0 fully saturated rings. The van der Waals surface area contributed by atoms with Crippen LogP contribution < -0.4 is 10.1 Å². The molecule has 0 saturated carbocycles. The summed E-state index contributed by atoms with van der Waals surface area (Å²) in [6.45, 7) is 4.37. The maximum atomic E-state index is 5.94. The Morgan fingerprint density at radius 2 is 1.57 bits per heavy atom. The number of benzene rings is 2. The van der Waals surface area contributed by atoms with Gasteiger partial charge in [0.05, 0.1) is 7.11 Å². The second-order valence-corrected chi connectivity index (χ2v) is 5.61. The van der Waals surface area contributed by atoms with E-state index in [2.05, 4.69) is 43.4 Å². The van der Waals surface area contributed by atoms with Crippen molar-refractivity contribution in [1.82, 2.24) is 5.32 Å². The molecule has 0 heterocycles. The molecule has 2 nitrogen and oxygen atoms in total. The Labute approximate surface area is 132 Å². The largest absolute Gasteiger partial charge is 0.497 e. The van der Waals surface area contributed by atoms with Crippen LogP contribution in [-0.4, -0.2) is 7.11 Å². The van der Waals surface area contributed by atoms with E-state index in [0.29, 0.717) is 6.04 Å². The van der Waals surface area contributed by atoms with E-state index >= 15 is 0 Å². The van der Waals surface area contributed by atoms with Crippen LogP contribution in [0, 0.1) is 0 Å². The third-order valence-electron chi connectivity index (χ3n) is 3.75. The molecule has 1 N–H and O–H groups in total. The number of nitrogens with one attached hydrogen (secondary N) is 1. The Morgan fingerprint density at radius 1 is 1.00 bits per heavy atom. The van der Waals surface area contributed by atoms with E-state index in [1.165, 1.54) is 11.1 Å². The zero-order valence-corrected chi connectivity index (χ0v) is 13.5. The fourth-order valence-corrected chi connectivity index (χ4v) is 2.56. The summed E-state index contributed by atoms with van der Waals surface area (Å²) < 4.78 is 5.21. The topological polar surface area (TPSA) is 21.3 Å². The minimum Gasteiger partial charge on any atom is -0.497 e. The van der Waals surface area contributed by atoms with Crippen LogP contribution in [0.15, 0.2) is 48.5 Å². The zero-order valence-electron chi connectivity index (χ0n) is 12.8. The van der Waals surface area contributed by atoms with Crippen molar-refractivity contribution < 1.29 is 4.74 Å². The molecule has 2 aromatic carbocycles. The van der Waals surface area contributed by atoms with Gasteiger partial charge in [0.25, 0.3) is 0 Å². The van der Waals surface area contributed by atoms with Gasteiger partial charge < -0.3 is 10.1 Å². The summed E-state index contributed by atoms with van der Waals surface area (Å²) in [6.07, 6.45) is 1.03. The number of halogens is 1. The van der Waals surface area contributed by atoms with Crippen LogP contribution in [0.3, 0.4) is 0 Å². The normalized spacial score (nSPS) is 13.7. The summed E-state index contributed by atoms with van der Waals surface area (Å²) in [5.41, 5.74) is 2.52. The van der Waals surface area contributed by atoms with Gasteiger partial charge in [0, 0.05) is 17.1 Å². The van der Waals surface area contributed by atoms with Crippen LogP contribution in [0.4, 0.5) is 0 Å². The molecule has 3 heteroatoms. The fraction of sp³-hybridized carbons (Fsp3) is 0.333. The molecule has 0 aromatic heterocycles. The lowest BCUT2D eigenvalue weighted by Gasteiger charge is -2.23. The highest BCUT2D eigenvalue weighted by molar-refractivity contribution is 6.30. The lowest BCUT2D eigenvalue weighted by atomic mass is 10.0. The molecule has 0 bridgehead atoms. The summed E-state index contributed by atoms with van der Waals surface area (Å²) in [4.78, 5) is 0. The van der Waals surface area contributed by atoms with Crippen LogP contribution in [0.5, 0.6) is 5.75 Å². The van der Waals surface area contributed by atoms with Crippen molar-refractivity contribution in [2.75, 3.05) is 7.11 Å². The summed E-state index contributed by atoms with van der Waals surface area (Å²) in [5, 5.41) is 4.44. The van der Waals surface area contributed by atoms with Gasteiger partial charge in [-0.15, -0.1) is 0 Å². The predicted octanol–water partition coefficient (Wildman–Crippen LogP) is 5.15. The lowest BCUT2D eigenvalue weighted by molar-refractivity contribution is 0.413. The first-order chi connectivity index (χ1) is 10.1. The predicted molar refractivity (Wildman–Crippen MR) is 89.0 cm³/mol. The first kappa shape index (κ1) is 15.9. The summed E-state index contributed by atoms with van der Waals surface area (Å²) in [7, 11) is 1.69. The van der Waals surface area contributed by atoms with E-state index in [0.717, 1.165) is 17.2 Å². The van der Waals surface area contributed by atoms with Gasteiger partial charge in [-0.2, -0.15) is 0 Å². The molecule has 0 radical (unpaired) electrons. The molecule has 21 heavy (non-hydrogen) atoms. The van der Waals surface area contributed by atoms with E-state index in [1.807, 2.05) is 24.3 Å². The van der Waals surface area contributed by atoms with Crippen molar-refractivity contribution in [2.45, 2.75) is 32.4 Å². The van der Waals surface area contributed by atoms with Crippen molar-refractivity contribution in [2.24, 2.45) is 0 Å².